The molecule has 1 fully saturated rings. The standard InChI is InChI=1S/C9H19N3O/c1-4-12-7(2)5-11-9(13)8(12)6-10-3/h7-8,10H,4-6H2,1-3H3,(H,11,13). The number of nitrogens with one attached hydrogen (secondary N) is 2. The third kappa shape index (κ3) is 2.19. The van der Waals surface area contributed by atoms with E-state index in [0.29, 0.717) is 6.04 Å². The van der Waals surface area contributed by atoms with Crippen LogP contribution in [-0.4, -0.2) is 49.6 Å². The lowest BCUT2D eigenvalue weighted by molar-refractivity contribution is -0.130. The molecule has 13 heavy (non-hydrogen) atoms. The maximum absolute atomic E-state index is 11.5. The fraction of sp³-hybridized carbons (Fsp3) is 0.889. The van der Waals surface area contributed by atoms with E-state index in [-0.39, 0.29) is 11.9 Å². The molecule has 1 aliphatic rings. The van der Waals surface area contributed by atoms with E-state index in [2.05, 4.69) is 29.4 Å². The fourth-order valence-electron chi connectivity index (χ4n) is 1.88. The maximum Gasteiger partial charge on any atom is 0.238 e. The molecular weight excluding hydrogens is 166 g/mol. The molecule has 76 valence electrons. The van der Waals surface area contributed by atoms with Gasteiger partial charge in [-0.1, -0.05) is 6.92 Å². The molecule has 4 heteroatoms. The minimum atomic E-state index is -0.00116. The van der Waals surface area contributed by atoms with Crippen molar-refractivity contribution in [2.45, 2.75) is 25.9 Å². The van der Waals surface area contributed by atoms with E-state index in [1.54, 1.807) is 0 Å². The number of likely N-dealkylation sites (N-methyl/N-ethyl adjacent to an activating group) is 2. The Kier molecular flexibility index (Phi) is 3.69. The summed E-state index contributed by atoms with van der Waals surface area (Å²) < 4.78 is 0. The number of amides is 1. The predicted molar refractivity (Wildman–Crippen MR) is 52.6 cm³/mol. The first-order chi connectivity index (χ1) is 6.20. The highest BCUT2D eigenvalue weighted by molar-refractivity contribution is 5.82. The topological polar surface area (TPSA) is 44.4 Å². The zero-order valence-electron chi connectivity index (χ0n) is 8.63. The number of nitrogens with zero attached hydrogens (tertiary/aromatic N) is 1. The second kappa shape index (κ2) is 4.58. The number of piperazine rings is 1. The van der Waals surface area contributed by atoms with Crippen LogP contribution in [0.1, 0.15) is 13.8 Å². The van der Waals surface area contributed by atoms with Crippen molar-refractivity contribution in [3.05, 3.63) is 0 Å². The van der Waals surface area contributed by atoms with E-state index in [1.165, 1.54) is 0 Å². The first-order valence-corrected chi connectivity index (χ1v) is 4.88. The van der Waals surface area contributed by atoms with Crippen LogP contribution in [0.25, 0.3) is 0 Å². The van der Waals surface area contributed by atoms with E-state index >= 15 is 0 Å². The smallest absolute Gasteiger partial charge is 0.238 e. The maximum atomic E-state index is 11.5. The van der Waals surface area contributed by atoms with E-state index in [9.17, 15) is 4.79 Å². The van der Waals surface area contributed by atoms with Gasteiger partial charge in [-0.15, -0.1) is 0 Å². The zero-order valence-corrected chi connectivity index (χ0v) is 8.63. The largest absolute Gasteiger partial charge is 0.353 e. The van der Waals surface area contributed by atoms with Crippen LogP contribution in [0.3, 0.4) is 0 Å². The van der Waals surface area contributed by atoms with Gasteiger partial charge in [0, 0.05) is 19.1 Å². The molecule has 2 N–H and O–H groups in total. The van der Waals surface area contributed by atoms with E-state index in [4.69, 9.17) is 0 Å². The minimum Gasteiger partial charge on any atom is -0.353 e. The van der Waals surface area contributed by atoms with Gasteiger partial charge in [-0.25, -0.2) is 0 Å². The lowest BCUT2D eigenvalue weighted by Gasteiger charge is -2.39. The summed E-state index contributed by atoms with van der Waals surface area (Å²) in [7, 11) is 1.88. The van der Waals surface area contributed by atoms with E-state index < -0.39 is 0 Å². The summed E-state index contributed by atoms with van der Waals surface area (Å²) in [5, 5.41) is 5.96. The molecule has 1 heterocycles. The van der Waals surface area contributed by atoms with Crippen molar-refractivity contribution in [1.29, 1.82) is 0 Å². The molecule has 1 saturated heterocycles. The summed E-state index contributed by atoms with van der Waals surface area (Å²) in [5.41, 5.74) is 0. The number of carbonyl (C=O) groups excluding carboxylic acids is 1. The van der Waals surface area contributed by atoms with Crippen LogP contribution in [0.2, 0.25) is 0 Å². The summed E-state index contributed by atoms with van der Waals surface area (Å²) >= 11 is 0. The van der Waals surface area contributed by atoms with Crippen LogP contribution in [0, 0.1) is 0 Å². The number of hydrogen-bond acceptors (Lipinski definition) is 3. The highest BCUT2D eigenvalue weighted by Crippen LogP contribution is 2.09. The first kappa shape index (κ1) is 10.5. The van der Waals surface area contributed by atoms with Gasteiger partial charge in [-0.3, -0.25) is 9.69 Å². The molecule has 1 amide bonds. The Balaban J connectivity index is 2.65. The molecule has 2 atom stereocenters. The molecule has 4 nitrogen and oxygen atoms in total. The third-order valence-corrected chi connectivity index (χ3v) is 2.60. The van der Waals surface area contributed by atoms with Crippen LogP contribution in [-0.2, 0) is 4.79 Å². The summed E-state index contributed by atoms with van der Waals surface area (Å²) in [5.74, 6) is 0.148. The van der Waals surface area contributed by atoms with E-state index in [0.717, 1.165) is 19.6 Å². The average molecular weight is 185 g/mol. The van der Waals surface area contributed by atoms with Crippen LogP contribution >= 0.6 is 0 Å². The molecule has 1 rings (SSSR count). The number of carbonyl (C=O) groups is 1. The van der Waals surface area contributed by atoms with Crippen LogP contribution in [0.15, 0.2) is 0 Å². The second-order valence-corrected chi connectivity index (χ2v) is 3.50. The molecule has 0 spiro atoms. The third-order valence-electron chi connectivity index (χ3n) is 2.60. The monoisotopic (exact) mass is 185 g/mol. The van der Waals surface area contributed by atoms with Crippen molar-refractivity contribution in [2.24, 2.45) is 0 Å². The molecule has 0 aromatic rings. The van der Waals surface area contributed by atoms with Gasteiger partial charge < -0.3 is 10.6 Å². The van der Waals surface area contributed by atoms with Crippen LogP contribution in [0.4, 0.5) is 0 Å². The van der Waals surface area contributed by atoms with Gasteiger partial charge >= 0.3 is 0 Å². The predicted octanol–water partition coefficient (Wildman–Crippen LogP) is -0.585. The van der Waals surface area contributed by atoms with Gasteiger partial charge in [0.05, 0.1) is 0 Å². The average Bonchev–Trinajstić information content (AvgIpc) is 2.12. The van der Waals surface area contributed by atoms with Crippen molar-refractivity contribution in [2.75, 3.05) is 26.7 Å². The van der Waals surface area contributed by atoms with Gasteiger partial charge in [0.2, 0.25) is 5.91 Å². The Morgan fingerprint density at radius 1 is 1.69 bits per heavy atom. The molecule has 0 aliphatic carbocycles. The molecule has 0 aromatic carbocycles. The van der Waals surface area contributed by atoms with Crippen molar-refractivity contribution >= 4 is 5.91 Å². The van der Waals surface area contributed by atoms with E-state index in [1.807, 2.05) is 7.05 Å². The Morgan fingerprint density at radius 3 is 2.92 bits per heavy atom. The minimum absolute atomic E-state index is 0.00116. The number of hydrogen-bond donors (Lipinski definition) is 2. The molecule has 1 aliphatic heterocycles. The van der Waals surface area contributed by atoms with Crippen LogP contribution < -0.4 is 10.6 Å². The lowest BCUT2D eigenvalue weighted by atomic mass is 10.1. The van der Waals surface area contributed by atoms with Crippen LogP contribution in [0.5, 0.6) is 0 Å². The summed E-state index contributed by atoms with van der Waals surface area (Å²) in [6.45, 7) is 6.67. The Morgan fingerprint density at radius 2 is 2.38 bits per heavy atom. The molecular formula is C9H19N3O. The van der Waals surface area contributed by atoms with Gasteiger partial charge in [-0.2, -0.15) is 0 Å². The Hall–Kier alpha value is -0.610. The Bertz CT molecular complexity index is 184. The molecule has 0 aromatic heterocycles. The Labute approximate surface area is 79.7 Å². The lowest BCUT2D eigenvalue weighted by Crippen LogP contribution is -2.61. The van der Waals surface area contributed by atoms with Crippen molar-refractivity contribution < 1.29 is 4.79 Å². The highest BCUT2D eigenvalue weighted by Gasteiger charge is 2.31. The first-order valence-electron chi connectivity index (χ1n) is 4.88. The van der Waals surface area contributed by atoms with Crippen molar-refractivity contribution in [1.82, 2.24) is 15.5 Å². The molecule has 0 bridgehead atoms. The fourth-order valence-corrected chi connectivity index (χ4v) is 1.88. The highest BCUT2D eigenvalue weighted by atomic mass is 16.2. The summed E-state index contributed by atoms with van der Waals surface area (Å²) in [4.78, 5) is 13.7. The second-order valence-electron chi connectivity index (χ2n) is 3.50. The van der Waals surface area contributed by atoms with Gasteiger partial charge in [0.15, 0.2) is 0 Å². The zero-order chi connectivity index (χ0) is 9.84. The van der Waals surface area contributed by atoms with Gasteiger partial charge in [0.25, 0.3) is 0 Å². The molecule has 0 saturated carbocycles. The summed E-state index contributed by atoms with van der Waals surface area (Å²) in [6, 6.07) is 0.444. The molecule has 0 radical (unpaired) electrons. The number of rotatable bonds is 3. The van der Waals surface area contributed by atoms with Crippen molar-refractivity contribution in [3.8, 4) is 0 Å². The van der Waals surface area contributed by atoms with Gasteiger partial charge in [-0.05, 0) is 20.5 Å². The summed E-state index contributed by atoms with van der Waals surface area (Å²) in [6.07, 6.45) is 0. The SMILES string of the molecule is CCN1C(C)CNC(=O)C1CNC. The quantitative estimate of drug-likeness (QED) is 0.618. The molecule has 2 unspecified atom stereocenters. The van der Waals surface area contributed by atoms with Crippen molar-refractivity contribution in [3.63, 3.8) is 0 Å². The van der Waals surface area contributed by atoms with Gasteiger partial charge in [0.1, 0.15) is 6.04 Å². The normalized spacial score (nSPS) is 30.2.